The minimum absolute atomic E-state index is 0.176. The molecule has 1 aliphatic rings. The molecule has 8 heteroatoms. The van der Waals surface area contributed by atoms with Crippen LogP contribution in [0.4, 0.5) is 4.79 Å². The van der Waals surface area contributed by atoms with Crippen molar-refractivity contribution in [1.82, 2.24) is 4.90 Å². The molecule has 1 aliphatic heterocycles. The first-order chi connectivity index (χ1) is 11.9. The number of carbonyl (C=O) groups is 3. The van der Waals surface area contributed by atoms with E-state index < -0.39 is 23.2 Å². The number of hydrogen-bond acceptors (Lipinski definition) is 6. The molecule has 0 N–H and O–H groups in total. The second kappa shape index (κ2) is 8.40. The standard InChI is InChI=1S/C17H18ClNO5S/c1-4-23-13-7-6-12(18)8-11(13)9-14-15(20)19(17(22)25-14)10(3)16(21)24-5-2/h6-10H,4-5H2,1-3H3/b14-9+/t10-/m1/s1. The summed E-state index contributed by atoms with van der Waals surface area (Å²) in [5.74, 6) is -0.612. The highest BCUT2D eigenvalue weighted by molar-refractivity contribution is 8.18. The Bertz CT molecular complexity index is 734. The summed E-state index contributed by atoms with van der Waals surface area (Å²) in [5, 5.41) is -0.0365. The minimum Gasteiger partial charge on any atom is -0.493 e. The van der Waals surface area contributed by atoms with Gasteiger partial charge in [-0.15, -0.1) is 0 Å². The van der Waals surface area contributed by atoms with Crippen LogP contribution in [0.2, 0.25) is 5.02 Å². The normalized spacial score (nSPS) is 17.1. The van der Waals surface area contributed by atoms with E-state index in [1.807, 2.05) is 6.92 Å². The number of hydrogen-bond donors (Lipinski definition) is 0. The summed E-state index contributed by atoms with van der Waals surface area (Å²) in [6.45, 7) is 5.58. The van der Waals surface area contributed by atoms with Gasteiger partial charge in [0.2, 0.25) is 0 Å². The van der Waals surface area contributed by atoms with Crippen LogP contribution in [0.3, 0.4) is 0 Å². The van der Waals surface area contributed by atoms with Gasteiger partial charge in [-0.25, -0.2) is 4.79 Å². The fourth-order valence-corrected chi connectivity index (χ4v) is 3.32. The lowest BCUT2D eigenvalue weighted by molar-refractivity contribution is -0.150. The molecule has 0 unspecified atom stereocenters. The number of thioether (sulfide) groups is 1. The Morgan fingerprint density at radius 2 is 2.04 bits per heavy atom. The van der Waals surface area contributed by atoms with Gasteiger partial charge in [0.25, 0.3) is 11.1 Å². The molecule has 134 valence electrons. The maximum Gasteiger partial charge on any atom is 0.329 e. The molecule has 0 radical (unpaired) electrons. The van der Waals surface area contributed by atoms with Crippen LogP contribution in [0.25, 0.3) is 6.08 Å². The van der Waals surface area contributed by atoms with Gasteiger partial charge in [0.05, 0.1) is 18.1 Å². The van der Waals surface area contributed by atoms with Gasteiger partial charge < -0.3 is 9.47 Å². The molecule has 6 nitrogen and oxygen atoms in total. The van der Waals surface area contributed by atoms with Gasteiger partial charge >= 0.3 is 5.97 Å². The SMILES string of the molecule is CCOC(=O)[C@@H](C)N1C(=O)S/C(=C/c2cc(Cl)ccc2OCC)C1=O. The molecule has 1 fully saturated rings. The third-order valence-corrected chi connectivity index (χ3v) is 4.52. The molecule has 0 aromatic heterocycles. The molecule has 2 amide bonds. The van der Waals surface area contributed by atoms with Gasteiger partial charge in [-0.2, -0.15) is 0 Å². The van der Waals surface area contributed by atoms with Crippen LogP contribution in [0.1, 0.15) is 26.3 Å². The molecule has 1 atom stereocenters. The average Bonchev–Trinajstić information content (AvgIpc) is 2.83. The van der Waals surface area contributed by atoms with Crippen molar-refractivity contribution in [3.8, 4) is 5.75 Å². The number of carbonyl (C=O) groups excluding carboxylic acids is 3. The van der Waals surface area contributed by atoms with Gasteiger partial charge in [-0.3, -0.25) is 14.5 Å². The number of amides is 2. The topological polar surface area (TPSA) is 72.9 Å². The van der Waals surface area contributed by atoms with Crippen molar-refractivity contribution in [3.63, 3.8) is 0 Å². The van der Waals surface area contributed by atoms with Crippen molar-refractivity contribution in [2.75, 3.05) is 13.2 Å². The van der Waals surface area contributed by atoms with E-state index in [-0.39, 0.29) is 11.5 Å². The van der Waals surface area contributed by atoms with Crippen molar-refractivity contribution in [1.29, 1.82) is 0 Å². The predicted octanol–water partition coefficient (Wildman–Crippen LogP) is 3.73. The number of imide groups is 1. The van der Waals surface area contributed by atoms with E-state index in [9.17, 15) is 14.4 Å². The molecule has 1 saturated heterocycles. The quantitative estimate of drug-likeness (QED) is 0.550. The monoisotopic (exact) mass is 383 g/mol. The number of rotatable bonds is 6. The Balaban J connectivity index is 2.32. The lowest BCUT2D eigenvalue weighted by atomic mass is 10.1. The Hall–Kier alpha value is -1.99. The zero-order valence-electron chi connectivity index (χ0n) is 14.1. The number of nitrogens with zero attached hydrogens (tertiary/aromatic N) is 1. The van der Waals surface area contributed by atoms with Gasteiger partial charge in [0.15, 0.2) is 0 Å². The molecular weight excluding hydrogens is 366 g/mol. The van der Waals surface area contributed by atoms with E-state index in [0.29, 0.717) is 22.9 Å². The Morgan fingerprint density at radius 1 is 1.32 bits per heavy atom. The fraction of sp³-hybridized carbons (Fsp3) is 0.353. The van der Waals surface area contributed by atoms with Crippen LogP contribution in [-0.4, -0.2) is 41.3 Å². The van der Waals surface area contributed by atoms with Crippen LogP contribution < -0.4 is 4.74 Å². The second-order valence-corrected chi connectivity index (χ2v) is 6.52. The van der Waals surface area contributed by atoms with Gasteiger partial charge in [-0.1, -0.05) is 11.6 Å². The van der Waals surface area contributed by atoms with Crippen molar-refractivity contribution < 1.29 is 23.9 Å². The summed E-state index contributed by atoms with van der Waals surface area (Å²) in [6, 6.07) is 4.04. The van der Waals surface area contributed by atoms with Crippen molar-refractivity contribution in [3.05, 3.63) is 33.7 Å². The summed E-state index contributed by atoms with van der Waals surface area (Å²) in [4.78, 5) is 37.7. The summed E-state index contributed by atoms with van der Waals surface area (Å²) in [6.07, 6.45) is 1.54. The van der Waals surface area contributed by atoms with Crippen LogP contribution >= 0.6 is 23.4 Å². The molecule has 1 heterocycles. The molecular formula is C17H18ClNO5S. The van der Waals surface area contributed by atoms with E-state index in [2.05, 4.69) is 0 Å². The van der Waals surface area contributed by atoms with Crippen LogP contribution in [0, 0.1) is 0 Å². The fourth-order valence-electron chi connectivity index (χ4n) is 2.24. The molecule has 0 bridgehead atoms. The highest BCUT2D eigenvalue weighted by atomic mass is 35.5. The second-order valence-electron chi connectivity index (χ2n) is 5.09. The zero-order valence-corrected chi connectivity index (χ0v) is 15.6. The van der Waals surface area contributed by atoms with Gasteiger partial charge in [-0.05, 0) is 56.8 Å². The zero-order chi connectivity index (χ0) is 18.6. The smallest absolute Gasteiger partial charge is 0.329 e. The van der Waals surface area contributed by atoms with Crippen LogP contribution in [0.15, 0.2) is 23.1 Å². The molecule has 0 spiro atoms. The number of ether oxygens (including phenoxy) is 2. The maximum atomic E-state index is 12.6. The molecule has 0 aliphatic carbocycles. The molecule has 1 aromatic rings. The largest absolute Gasteiger partial charge is 0.493 e. The predicted molar refractivity (Wildman–Crippen MR) is 96.5 cm³/mol. The van der Waals surface area contributed by atoms with E-state index in [4.69, 9.17) is 21.1 Å². The Kier molecular flexibility index (Phi) is 6.50. The number of benzene rings is 1. The number of halogens is 1. The van der Waals surface area contributed by atoms with E-state index >= 15 is 0 Å². The molecule has 2 rings (SSSR count). The van der Waals surface area contributed by atoms with Crippen molar-refractivity contribution >= 4 is 46.6 Å². The Labute approximate surface area is 155 Å². The first kappa shape index (κ1) is 19.3. The summed E-state index contributed by atoms with van der Waals surface area (Å²) in [7, 11) is 0. The lowest BCUT2D eigenvalue weighted by Gasteiger charge is -2.19. The van der Waals surface area contributed by atoms with E-state index in [1.54, 1.807) is 31.2 Å². The first-order valence-corrected chi connectivity index (χ1v) is 8.94. The number of esters is 1. The molecule has 25 heavy (non-hydrogen) atoms. The summed E-state index contributed by atoms with van der Waals surface area (Å²) < 4.78 is 10.4. The van der Waals surface area contributed by atoms with Gasteiger partial charge in [0, 0.05) is 10.6 Å². The summed E-state index contributed by atoms with van der Waals surface area (Å²) >= 11 is 6.77. The Morgan fingerprint density at radius 3 is 2.68 bits per heavy atom. The summed E-state index contributed by atoms with van der Waals surface area (Å²) in [5.41, 5.74) is 0.587. The molecule has 0 saturated carbocycles. The lowest BCUT2D eigenvalue weighted by Crippen LogP contribution is -2.42. The molecule has 1 aromatic carbocycles. The third-order valence-electron chi connectivity index (χ3n) is 3.40. The van der Waals surface area contributed by atoms with Crippen LogP contribution in [-0.2, 0) is 14.3 Å². The van der Waals surface area contributed by atoms with Crippen LogP contribution in [0.5, 0.6) is 5.75 Å². The van der Waals surface area contributed by atoms with E-state index in [0.717, 1.165) is 16.7 Å². The van der Waals surface area contributed by atoms with Crippen molar-refractivity contribution in [2.24, 2.45) is 0 Å². The van der Waals surface area contributed by atoms with Gasteiger partial charge in [0.1, 0.15) is 11.8 Å². The maximum absolute atomic E-state index is 12.6. The van der Waals surface area contributed by atoms with Crippen molar-refractivity contribution in [2.45, 2.75) is 26.8 Å². The first-order valence-electron chi connectivity index (χ1n) is 7.75. The highest BCUT2D eigenvalue weighted by Crippen LogP contribution is 2.36. The van der Waals surface area contributed by atoms with E-state index in [1.165, 1.54) is 6.92 Å². The highest BCUT2D eigenvalue weighted by Gasteiger charge is 2.41. The third kappa shape index (κ3) is 4.35. The minimum atomic E-state index is -0.982. The average molecular weight is 384 g/mol.